The third-order valence-electron chi connectivity index (χ3n) is 7.84. The number of carbonyl (C=O) groups excluding carboxylic acids is 2. The first-order valence-corrected chi connectivity index (χ1v) is 14.1. The summed E-state index contributed by atoms with van der Waals surface area (Å²) in [6.45, 7) is 8.15. The van der Waals surface area contributed by atoms with Gasteiger partial charge in [-0.25, -0.2) is 4.79 Å². The minimum Gasteiger partial charge on any atom is -0.493 e. The number of nitrogens with zero attached hydrogens (tertiary/aromatic N) is 2. The van der Waals surface area contributed by atoms with Gasteiger partial charge < -0.3 is 34.1 Å². The summed E-state index contributed by atoms with van der Waals surface area (Å²) in [5.74, 6) is 1.84. The van der Waals surface area contributed by atoms with Gasteiger partial charge in [-0.2, -0.15) is 0 Å². The van der Waals surface area contributed by atoms with E-state index in [9.17, 15) is 9.59 Å². The molecule has 0 spiro atoms. The topological polar surface area (TPSA) is 89.6 Å². The van der Waals surface area contributed by atoms with Gasteiger partial charge in [0, 0.05) is 64.5 Å². The van der Waals surface area contributed by atoms with E-state index in [1.165, 1.54) is 12.8 Å². The minimum absolute atomic E-state index is 0.0129. The van der Waals surface area contributed by atoms with Crippen LogP contribution in [0.15, 0.2) is 24.3 Å². The van der Waals surface area contributed by atoms with E-state index in [0.29, 0.717) is 56.0 Å². The second-order valence-electron chi connectivity index (χ2n) is 11.2. The molecule has 2 aliphatic carbocycles. The highest BCUT2D eigenvalue weighted by Gasteiger charge is 2.39. The number of nitrogens with one attached hydrogen (secondary N) is 1. The lowest BCUT2D eigenvalue weighted by molar-refractivity contribution is -0.110. The predicted octanol–water partition coefficient (Wildman–Crippen LogP) is 3.77. The number of benzene rings is 1. The SMILES string of the molecule is COC(CCOc1ccc(C(=O)N(C[C@@H]2CNC[C@H]2CN(C(=O)OCC2CC2)C2CC2)C(C)C)cc1)OC. The average molecular weight is 532 g/mol. The molecule has 1 saturated heterocycles. The van der Waals surface area contributed by atoms with E-state index < -0.39 is 0 Å². The number of rotatable bonds is 15. The van der Waals surface area contributed by atoms with Crippen molar-refractivity contribution in [2.45, 2.75) is 64.3 Å². The molecule has 1 aromatic rings. The first kappa shape index (κ1) is 28.6. The lowest BCUT2D eigenvalue weighted by atomic mass is 9.94. The van der Waals surface area contributed by atoms with Gasteiger partial charge in [0.15, 0.2) is 6.29 Å². The Morgan fingerprint density at radius 1 is 0.974 bits per heavy atom. The van der Waals surface area contributed by atoms with Crippen molar-refractivity contribution in [3.63, 3.8) is 0 Å². The zero-order chi connectivity index (χ0) is 27.1. The van der Waals surface area contributed by atoms with Crippen molar-refractivity contribution >= 4 is 12.0 Å². The molecular formula is C29H45N3O6. The molecular weight excluding hydrogens is 486 g/mol. The Hall–Kier alpha value is -2.36. The van der Waals surface area contributed by atoms with Crippen LogP contribution in [0, 0.1) is 17.8 Å². The van der Waals surface area contributed by atoms with Gasteiger partial charge in [0.1, 0.15) is 5.75 Å². The Bertz CT molecular complexity index is 898. The highest BCUT2D eigenvalue weighted by Crippen LogP contribution is 2.33. The Morgan fingerprint density at radius 3 is 2.21 bits per heavy atom. The van der Waals surface area contributed by atoms with Crippen LogP contribution in [0.3, 0.4) is 0 Å². The second-order valence-corrected chi connectivity index (χ2v) is 11.2. The highest BCUT2D eigenvalue weighted by atomic mass is 16.7. The molecule has 9 nitrogen and oxygen atoms in total. The van der Waals surface area contributed by atoms with Crippen molar-refractivity contribution in [2.75, 3.05) is 53.6 Å². The molecule has 0 unspecified atom stereocenters. The molecule has 38 heavy (non-hydrogen) atoms. The van der Waals surface area contributed by atoms with Crippen LogP contribution in [-0.4, -0.2) is 93.8 Å². The van der Waals surface area contributed by atoms with Crippen LogP contribution in [0.1, 0.15) is 56.3 Å². The highest BCUT2D eigenvalue weighted by molar-refractivity contribution is 5.94. The quantitative estimate of drug-likeness (QED) is 0.345. The fourth-order valence-electron chi connectivity index (χ4n) is 5.03. The number of amides is 2. The van der Waals surface area contributed by atoms with Crippen LogP contribution in [0.25, 0.3) is 0 Å². The molecule has 9 heteroatoms. The summed E-state index contributed by atoms with van der Waals surface area (Å²) in [6.07, 6.45) is 4.60. The number of hydrogen-bond acceptors (Lipinski definition) is 7. The van der Waals surface area contributed by atoms with Crippen LogP contribution < -0.4 is 10.1 Å². The van der Waals surface area contributed by atoms with Crippen LogP contribution in [0.4, 0.5) is 4.79 Å². The number of methoxy groups -OCH3 is 2. The molecule has 3 fully saturated rings. The summed E-state index contributed by atoms with van der Waals surface area (Å²) in [5.41, 5.74) is 0.642. The van der Waals surface area contributed by atoms with Gasteiger partial charge in [-0.3, -0.25) is 4.79 Å². The monoisotopic (exact) mass is 531 g/mol. The molecule has 0 bridgehead atoms. The molecule has 0 radical (unpaired) electrons. The zero-order valence-corrected chi connectivity index (χ0v) is 23.4. The van der Waals surface area contributed by atoms with Crippen LogP contribution in [-0.2, 0) is 14.2 Å². The molecule has 212 valence electrons. The van der Waals surface area contributed by atoms with Gasteiger partial charge in [0.2, 0.25) is 0 Å². The van der Waals surface area contributed by atoms with Gasteiger partial charge in [-0.15, -0.1) is 0 Å². The van der Waals surface area contributed by atoms with E-state index >= 15 is 0 Å². The van der Waals surface area contributed by atoms with Crippen LogP contribution in [0.5, 0.6) is 5.75 Å². The first-order valence-electron chi connectivity index (χ1n) is 14.1. The van der Waals surface area contributed by atoms with Gasteiger partial charge in [-0.05, 0) is 81.5 Å². The largest absolute Gasteiger partial charge is 0.493 e. The fourth-order valence-corrected chi connectivity index (χ4v) is 5.03. The molecule has 1 heterocycles. The maximum absolute atomic E-state index is 13.5. The van der Waals surface area contributed by atoms with Gasteiger partial charge >= 0.3 is 6.09 Å². The lowest BCUT2D eigenvalue weighted by Gasteiger charge is -2.33. The van der Waals surface area contributed by atoms with E-state index in [1.54, 1.807) is 14.2 Å². The third kappa shape index (κ3) is 8.07. The molecule has 3 aliphatic rings. The molecule has 2 atom stereocenters. The van der Waals surface area contributed by atoms with E-state index in [-0.39, 0.29) is 36.2 Å². The lowest BCUT2D eigenvalue weighted by Crippen LogP contribution is -2.45. The fraction of sp³-hybridized carbons (Fsp3) is 0.724. The first-order chi connectivity index (χ1) is 18.4. The van der Waals surface area contributed by atoms with Crippen molar-refractivity contribution in [2.24, 2.45) is 17.8 Å². The van der Waals surface area contributed by atoms with E-state index in [4.69, 9.17) is 18.9 Å². The van der Waals surface area contributed by atoms with Crippen molar-refractivity contribution in [3.05, 3.63) is 29.8 Å². The molecule has 1 aliphatic heterocycles. The summed E-state index contributed by atoms with van der Waals surface area (Å²) >= 11 is 0. The Morgan fingerprint density at radius 2 is 1.63 bits per heavy atom. The third-order valence-corrected chi connectivity index (χ3v) is 7.84. The van der Waals surface area contributed by atoms with Gasteiger partial charge in [0.25, 0.3) is 5.91 Å². The van der Waals surface area contributed by atoms with Crippen molar-refractivity contribution in [3.8, 4) is 5.75 Å². The maximum Gasteiger partial charge on any atom is 0.410 e. The zero-order valence-electron chi connectivity index (χ0n) is 23.4. The summed E-state index contributed by atoms with van der Waals surface area (Å²) in [7, 11) is 3.21. The smallest absolute Gasteiger partial charge is 0.410 e. The number of hydrogen-bond donors (Lipinski definition) is 1. The summed E-state index contributed by atoms with van der Waals surface area (Å²) < 4.78 is 21.8. The normalized spacial score (nSPS) is 21.1. The molecule has 2 amide bonds. The van der Waals surface area contributed by atoms with Crippen molar-refractivity contribution < 1.29 is 28.5 Å². The van der Waals surface area contributed by atoms with Crippen LogP contribution in [0.2, 0.25) is 0 Å². The van der Waals surface area contributed by atoms with Crippen molar-refractivity contribution in [1.82, 2.24) is 15.1 Å². The van der Waals surface area contributed by atoms with Gasteiger partial charge in [0.05, 0.1) is 13.2 Å². The minimum atomic E-state index is -0.297. The second kappa shape index (κ2) is 13.6. The van der Waals surface area contributed by atoms with Crippen molar-refractivity contribution in [1.29, 1.82) is 0 Å². The van der Waals surface area contributed by atoms with E-state index in [1.807, 2.05) is 34.1 Å². The predicted molar refractivity (Wildman–Crippen MR) is 144 cm³/mol. The molecule has 1 N–H and O–H groups in total. The van der Waals surface area contributed by atoms with E-state index in [2.05, 4.69) is 19.2 Å². The Labute approximate surface area is 227 Å². The average Bonchev–Trinajstić information content (AvgIpc) is 3.86. The number of carbonyl (C=O) groups is 2. The standard InChI is InChI=1S/C29H45N3O6/c1-20(2)31(28(33)22-7-11-26(12-8-22)37-14-13-27(35-3)36-4)17-23-15-30-16-24(23)18-32(25-9-10-25)29(34)38-19-21-5-6-21/h7-8,11-12,20-21,23-25,27,30H,5-6,9-10,13-19H2,1-4H3/t23-,24-/m0/s1. The summed E-state index contributed by atoms with van der Waals surface area (Å²) in [5, 5.41) is 3.50. The maximum atomic E-state index is 13.5. The Kier molecular flexibility index (Phi) is 10.3. The molecule has 0 aromatic heterocycles. The van der Waals surface area contributed by atoms with E-state index in [0.717, 1.165) is 25.9 Å². The molecule has 4 rings (SSSR count). The molecule has 1 aromatic carbocycles. The summed E-state index contributed by atoms with van der Waals surface area (Å²) in [4.78, 5) is 30.3. The number of ether oxygens (including phenoxy) is 4. The van der Waals surface area contributed by atoms with Gasteiger partial charge in [-0.1, -0.05) is 0 Å². The Balaban J connectivity index is 1.32. The van der Waals surface area contributed by atoms with Crippen LogP contribution >= 0.6 is 0 Å². The summed E-state index contributed by atoms with van der Waals surface area (Å²) in [6, 6.07) is 7.68. The molecule has 2 saturated carbocycles.